The normalized spacial score (nSPS) is 29.2. The number of hydrogen-bond acceptors (Lipinski definition) is 18. The Morgan fingerprint density at radius 3 is 1.22 bits per heavy atom. The molecule has 0 spiro atoms. The zero-order valence-electron chi connectivity index (χ0n) is 52.3. The largest absolute Gasteiger partial charge is 0.394 e. The van der Waals surface area contributed by atoms with E-state index in [0.717, 1.165) is 64.2 Å². The van der Waals surface area contributed by atoms with Crippen molar-refractivity contribution in [1.29, 1.82) is 0 Å². The second-order valence-corrected chi connectivity index (χ2v) is 24.3. The van der Waals surface area contributed by atoms with Crippen molar-refractivity contribution < 1.29 is 89.4 Å². The number of allylic oxidation sites excluding steroid dienone is 5. The molecule has 17 unspecified atom stereocenters. The molecule has 498 valence electrons. The van der Waals surface area contributed by atoms with Gasteiger partial charge < -0.3 is 89.9 Å². The first-order chi connectivity index (χ1) is 41.3. The Hall–Kier alpha value is -1.99. The maximum atomic E-state index is 13.4. The van der Waals surface area contributed by atoms with E-state index in [1.54, 1.807) is 6.08 Å². The van der Waals surface area contributed by atoms with Crippen LogP contribution in [0.2, 0.25) is 0 Å². The van der Waals surface area contributed by atoms with Crippen LogP contribution in [0.25, 0.3) is 0 Å². The fourth-order valence-corrected chi connectivity index (χ4v) is 11.4. The second-order valence-electron chi connectivity index (χ2n) is 24.3. The molecular formula is C66H121NO18. The van der Waals surface area contributed by atoms with E-state index in [0.29, 0.717) is 6.42 Å². The van der Waals surface area contributed by atoms with Gasteiger partial charge in [-0.05, 0) is 51.4 Å². The van der Waals surface area contributed by atoms with Gasteiger partial charge in [0, 0.05) is 6.42 Å². The maximum Gasteiger partial charge on any atom is 0.220 e. The molecule has 3 aliphatic heterocycles. The minimum atomic E-state index is -1.98. The van der Waals surface area contributed by atoms with Crippen LogP contribution >= 0.6 is 0 Å². The van der Waals surface area contributed by atoms with Crippen molar-refractivity contribution in [1.82, 2.24) is 5.32 Å². The van der Waals surface area contributed by atoms with Gasteiger partial charge in [0.2, 0.25) is 5.91 Å². The number of unbranched alkanes of at least 4 members (excludes halogenated alkanes) is 31. The van der Waals surface area contributed by atoms with Gasteiger partial charge in [-0.2, -0.15) is 0 Å². The van der Waals surface area contributed by atoms with Gasteiger partial charge in [0.1, 0.15) is 73.2 Å². The highest BCUT2D eigenvalue weighted by atomic mass is 16.8. The maximum absolute atomic E-state index is 13.4. The summed E-state index contributed by atoms with van der Waals surface area (Å²) >= 11 is 0. The molecule has 0 aromatic heterocycles. The molecule has 19 nitrogen and oxygen atoms in total. The van der Waals surface area contributed by atoms with Gasteiger partial charge in [0.25, 0.3) is 0 Å². The Bertz CT molecular complexity index is 1690. The van der Waals surface area contributed by atoms with Crippen molar-refractivity contribution in [2.45, 2.75) is 349 Å². The van der Waals surface area contributed by atoms with Crippen molar-refractivity contribution in [3.63, 3.8) is 0 Å². The Morgan fingerprint density at radius 1 is 0.424 bits per heavy atom. The van der Waals surface area contributed by atoms with Crippen LogP contribution in [0.15, 0.2) is 36.5 Å². The topological polar surface area (TPSA) is 307 Å². The molecule has 3 aliphatic rings. The molecule has 3 saturated heterocycles. The molecule has 17 atom stereocenters. The molecular weight excluding hydrogens is 1090 g/mol. The fourth-order valence-electron chi connectivity index (χ4n) is 11.4. The van der Waals surface area contributed by atoms with Gasteiger partial charge in [-0.1, -0.05) is 224 Å². The van der Waals surface area contributed by atoms with Crippen LogP contribution < -0.4 is 5.32 Å². The molecule has 0 aromatic carbocycles. The zero-order valence-corrected chi connectivity index (χ0v) is 52.3. The number of carbonyl (C=O) groups is 1. The van der Waals surface area contributed by atoms with E-state index in [4.69, 9.17) is 28.4 Å². The van der Waals surface area contributed by atoms with E-state index in [9.17, 15) is 61.0 Å². The van der Waals surface area contributed by atoms with Crippen LogP contribution in [0.3, 0.4) is 0 Å². The molecule has 0 aliphatic carbocycles. The predicted octanol–water partition coefficient (Wildman–Crippen LogP) is 8.05. The summed E-state index contributed by atoms with van der Waals surface area (Å²) in [6.45, 7) is 1.72. The highest BCUT2D eigenvalue weighted by molar-refractivity contribution is 5.76. The third-order valence-corrected chi connectivity index (χ3v) is 16.9. The average molecular weight is 1220 g/mol. The highest BCUT2D eigenvalue weighted by Crippen LogP contribution is 2.33. The number of ether oxygens (including phenoxy) is 6. The first kappa shape index (κ1) is 77.3. The lowest BCUT2D eigenvalue weighted by Gasteiger charge is -2.48. The molecule has 12 N–H and O–H groups in total. The molecule has 0 radical (unpaired) electrons. The minimum Gasteiger partial charge on any atom is -0.394 e. The Morgan fingerprint density at radius 2 is 0.776 bits per heavy atom. The monoisotopic (exact) mass is 1220 g/mol. The molecule has 3 heterocycles. The van der Waals surface area contributed by atoms with Crippen LogP contribution in [0.5, 0.6) is 0 Å². The molecule has 3 fully saturated rings. The van der Waals surface area contributed by atoms with Crippen LogP contribution in [0.1, 0.15) is 245 Å². The van der Waals surface area contributed by atoms with E-state index in [2.05, 4.69) is 43.5 Å². The number of aliphatic hydroxyl groups excluding tert-OH is 11. The van der Waals surface area contributed by atoms with Crippen molar-refractivity contribution in [3.8, 4) is 0 Å². The lowest BCUT2D eigenvalue weighted by Crippen LogP contribution is -2.66. The van der Waals surface area contributed by atoms with E-state index in [-0.39, 0.29) is 18.9 Å². The molecule has 85 heavy (non-hydrogen) atoms. The summed E-state index contributed by atoms with van der Waals surface area (Å²) in [5.41, 5.74) is 0. The number of hydrogen-bond donors (Lipinski definition) is 12. The van der Waals surface area contributed by atoms with Gasteiger partial charge in [0.05, 0.1) is 38.6 Å². The third kappa shape index (κ3) is 31.5. The number of aliphatic hydroxyl groups is 11. The Kier molecular flexibility index (Phi) is 44.4. The van der Waals surface area contributed by atoms with Gasteiger partial charge in [-0.15, -0.1) is 0 Å². The van der Waals surface area contributed by atoms with Gasteiger partial charge >= 0.3 is 0 Å². The lowest BCUT2D eigenvalue weighted by molar-refractivity contribution is -0.379. The van der Waals surface area contributed by atoms with E-state index in [1.165, 1.54) is 154 Å². The quantitative estimate of drug-likeness (QED) is 0.0202. The predicted molar refractivity (Wildman–Crippen MR) is 328 cm³/mol. The molecule has 0 aromatic rings. The van der Waals surface area contributed by atoms with Gasteiger partial charge in [-0.3, -0.25) is 4.79 Å². The fraction of sp³-hybridized carbons (Fsp3) is 0.894. The van der Waals surface area contributed by atoms with Crippen LogP contribution in [0.4, 0.5) is 0 Å². The Labute approximate surface area is 511 Å². The average Bonchev–Trinajstić information content (AvgIpc) is 3.10. The first-order valence-electron chi connectivity index (χ1n) is 33.7. The van der Waals surface area contributed by atoms with Crippen molar-refractivity contribution in [2.24, 2.45) is 0 Å². The molecule has 0 saturated carbocycles. The third-order valence-electron chi connectivity index (χ3n) is 16.9. The molecule has 3 rings (SSSR count). The number of amides is 1. The van der Waals surface area contributed by atoms with Crippen LogP contribution in [-0.4, -0.2) is 193 Å². The molecule has 1 amide bonds. The number of rotatable bonds is 51. The Balaban J connectivity index is 1.47. The summed E-state index contributed by atoms with van der Waals surface area (Å²) in [6.07, 6.45) is 28.2. The van der Waals surface area contributed by atoms with Crippen LogP contribution in [-0.2, 0) is 33.2 Å². The summed E-state index contributed by atoms with van der Waals surface area (Å²) in [7, 11) is 0. The van der Waals surface area contributed by atoms with E-state index < -0.39 is 124 Å². The first-order valence-corrected chi connectivity index (χ1v) is 33.7. The summed E-state index contributed by atoms with van der Waals surface area (Å²) in [5, 5.41) is 120. The summed E-state index contributed by atoms with van der Waals surface area (Å²) < 4.78 is 34.3. The molecule has 19 heteroatoms. The SMILES string of the molecule is CCCCC/C=C\C/C=C\CCCCCCCCCCCC(=O)NC(COC1OC(CO)C(OC2OC(CO)C(OC3OC(CO)C(O)C(O)C3O)C(O)C2O)C(O)C1O)C(O)/C=C/CCCCCCCCCCCCCCCCCCCCC. The summed E-state index contributed by atoms with van der Waals surface area (Å²) in [6, 6.07) is -0.975. The second kappa shape index (κ2) is 48.8. The number of nitrogens with one attached hydrogen (secondary N) is 1. The van der Waals surface area contributed by atoms with Crippen molar-refractivity contribution in [3.05, 3.63) is 36.5 Å². The van der Waals surface area contributed by atoms with Gasteiger partial charge in [-0.25, -0.2) is 0 Å². The van der Waals surface area contributed by atoms with Crippen molar-refractivity contribution >= 4 is 5.91 Å². The smallest absolute Gasteiger partial charge is 0.220 e. The zero-order chi connectivity index (χ0) is 61.9. The van der Waals surface area contributed by atoms with Gasteiger partial charge in [0.15, 0.2) is 18.9 Å². The molecule has 0 bridgehead atoms. The van der Waals surface area contributed by atoms with Crippen LogP contribution in [0, 0.1) is 0 Å². The van der Waals surface area contributed by atoms with E-state index in [1.807, 2.05) is 6.08 Å². The lowest BCUT2D eigenvalue weighted by atomic mass is 9.96. The highest BCUT2D eigenvalue weighted by Gasteiger charge is 2.53. The summed E-state index contributed by atoms with van der Waals surface area (Å²) in [4.78, 5) is 13.4. The summed E-state index contributed by atoms with van der Waals surface area (Å²) in [5.74, 6) is -0.279. The van der Waals surface area contributed by atoms with Crippen molar-refractivity contribution in [2.75, 3.05) is 26.4 Å². The van der Waals surface area contributed by atoms with E-state index >= 15 is 0 Å². The standard InChI is InChI=1S/C66H121NO18/c1-3-5-7-9-11-13-15-17-19-21-23-24-26-27-29-31-33-35-37-39-41-43-50(71)49(67-54(72)44-42-40-38-36-34-32-30-28-25-22-20-18-16-14-12-10-8-6-4-2)48-80-64-60(78)57(75)62(52(46-69)82-64)85-66-61(79)58(76)63(53(47-70)83-66)84-65-59(77)56(74)55(73)51(45-68)81-65/h12,14,18,20,41,43,49-53,55-66,68-71,73-79H,3-11,13,15-17,19,21-40,42,44-48H2,1-2H3,(H,67,72)/b14-12-,20-18-,43-41+. The minimum absolute atomic E-state index is 0.239. The number of carbonyl (C=O) groups excluding carboxylic acids is 1.